The molecule has 0 aromatic carbocycles. The largest absolute Gasteiger partial charge is 0.481 e. The number of aryl methyl sites for hydroxylation is 1. The molecular weight excluding hydrogens is 192 g/mol. The van der Waals surface area contributed by atoms with Gasteiger partial charge in [0, 0.05) is 18.7 Å². The number of aliphatic carboxylic acids is 1. The molecule has 1 aromatic rings. The van der Waals surface area contributed by atoms with Gasteiger partial charge in [0.2, 0.25) is 0 Å². The summed E-state index contributed by atoms with van der Waals surface area (Å²) >= 11 is 0. The Balaban J connectivity index is 2.17. The molecule has 0 bridgehead atoms. The highest BCUT2D eigenvalue weighted by atomic mass is 16.4. The molecule has 0 atom stereocenters. The molecule has 1 fully saturated rings. The second kappa shape index (κ2) is 4.04. The minimum Gasteiger partial charge on any atom is -0.481 e. The molecule has 1 aliphatic rings. The van der Waals surface area contributed by atoms with Crippen LogP contribution in [0.4, 0.5) is 0 Å². The summed E-state index contributed by atoms with van der Waals surface area (Å²) in [4.78, 5) is 10.6. The van der Waals surface area contributed by atoms with Crippen LogP contribution in [0.25, 0.3) is 0 Å². The quantitative estimate of drug-likeness (QED) is 0.822. The van der Waals surface area contributed by atoms with Gasteiger partial charge in [-0.05, 0) is 18.9 Å². The van der Waals surface area contributed by atoms with E-state index in [0.29, 0.717) is 11.6 Å². The summed E-state index contributed by atoms with van der Waals surface area (Å²) in [7, 11) is 1.90. The average Bonchev–Trinajstić information content (AvgIpc) is 2.72. The molecule has 1 heterocycles. The second-order valence-electron chi connectivity index (χ2n) is 4.24. The molecule has 15 heavy (non-hydrogen) atoms. The van der Waals surface area contributed by atoms with E-state index in [9.17, 15) is 4.79 Å². The van der Waals surface area contributed by atoms with Gasteiger partial charge in [-0.15, -0.1) is 0 Å². The monoisotopic (exact) mass is 208 g/mol. The van der Waals surface area contributed by atoms with Gasteiger partial charge in [-0.25, -0.2) is 0 Å². The maximum absolute atomic E-state index is 10.6. The van der Waals surface area contributed by atoms with Crippen LogP contribution < -0.4 is 0 Å². The lowest BCUT2D eigenvalue weighted by atomic mass is 10.0. The minimum absolute atomic E-state index is 0.0283. The molecule has 0 unspecified atom stereocenters. The fraction of sp³-hybridized carbons (Fsp3) is 0.636. The lowest BCUT2D eigenvalue weighted by Crippen LogP contribution is -2.03. The maximum atomic E-state index is 10.6. The first-order valence-electron chi connectivity index (χ1n) is 5.41. The van der Waals surface area contributed by atoms with Crippen molar-refractivity contribution < 1.29 is 9.90 Å². The molecule has 1 aromatic heterocycles. The number of hydrogen-bond acceptors (Lipinski definition) is 2. The van der Waals surface area contributed by atoms with Crippen molar-refractivity contribution in [2.75, 3.05) is 0 Å². The van der Waals surface area contributed by atoms with Crippen LogP contribution in [0.2, 0.25) is 0 Å². The van der Waals surface area contributed by atoms with E-state index < -0.39 is 5.97 Å². The number of carboxylic acid groups (broad SMARTS) is 1. The predicted octanol–water partition coefficient (Wildman–Crippen LogP) is 1.70. The van der Waals surface area contributed by atoms with E-state index in [1.807, 2.05) is 17.8 Å². The fourth-order valence-corrected chi connectivity index (χ4v) is 2.39. The van der Waals surface area contributed by atoms with E-state index in [1.54, 1.807) is 0 Å². The molecule has 0 radical (unpaired) electrons. The first-order chi connectivity index (χ1) is 7.16. The molecule has 0 amide bonds. The molecule has 82 valence electrons. The van der Waals surface area contributed by atoms with Crippen LogP contribution in [-0.2, 0) is 18.3 Å². The molecule has 1 N–H and O–H groups in total. The van der Waals surface area contributed by atoms with Crippen LogP contribution in [0.15, 0.2) is 6.07 Å². The SMILES string of the molecule is Cn1nc(CC(=O)O)cc1C1CCCC1. The molecule has 1 saturated carbocycles. The zero-order valence-electron chi connectivity index (χ0n) is 8.94. The number of nitrogens with zero attached hydrogens (tertiary/aromatic N) is 2. The number of carboxylic acids is 1. The Morgan fingerprint density at radius 2 is 2.27 bits per heavy atom. The van der Waals surface area contributed by atoms with Crippen LogP contribution in [0.1, 0.15) is 43.0 Å². The van der Waals surface area contributed by atoms with Crippen molar-refractivity contribution in [1.82, 2.24) is 9.78 Å². The summed E-state index contributed by atoms with van der Waals surface area (Å²) in [5.41, 5.74) is 1.87. The van der Waals surface area contributed by atoms with Crippen LogP contribution in [-0.4, -0.2) is 20.9 Å². The van der Waals surface area contributed by atoms with Gasteiger partial charge in [0.1, 0.15) is 0 Å². The Morgan fingerprint density at radius 1 is 1.60 bits per heavy atom. The van der Waals surface area contributed by atoms with E-state index in [0.717, 1.165) is 0 Å². The highest BCUT2D eigenvalue weighted by Gasteiger charge is 2.21. The average molecular weight is 208 g/mol. The van der Waals surface area contributed by atoms with Crippen LogP contribution in [0.3, 0.4) is 0 Å². The summed E-state index contributed by atoms with van der Waals surface area (Å²) in [6.07, 6.45) is 5.02. The summed E-state index contributed by atoms with van der Waals surface area (Å²) in [6.45, 7) is 0. The van der Waals surface area contributed by atoms with E-state index in [-0.39, 0.29) is 6.42 Å². The highest BCUT2D eigenvalue weighted by molar-refractivity contribution is 5.69. The summed E-state index contributed by atoms with van der Waals surface area (Å²) in [5, 5.41) is 12.9. The number of carbonyl (C=O) groups is 1. The second-order valence-corrected chi connectivity index (χ2v) is 4.24. The van der Waals surface area contributed by atoms with E-state index in [2.05, 4.69) is 5.10 Å². The zero-order valence-corrected chi connectivity index (χ0v) is 8.94. The Kier molecular flexibility index (Phi) is 2.75. The first-order valence-corrected chi connectivity index (χ1v) is 5.41. The standard InChI is InChI=1S/C11H16N2O2/c1-13-10(8-4-2-3-5-8)6-9(12-13)7-11(14)15/h6,8H,2-5,7H2,1H3,(H,14,15). The van der Waals surface area contributed by atoms with Crippen molar-refractivity contribution in [3.63, 3.8) is 0 Å². The van der Waals surface area contributed by atoms with Gasteiger partial charge < -0.3 is 5.11 Å². The van der Waals surface area contributed by atoms with Crippen LogP contribution in [0.5, 0.6) is 0 Å². The Hall–Kier alpha value is -1.32. The van der Waals surface area contributed by atoms with Crippen molar-refractivity contribution in [2.24, 2.45) is 7.05 Å². The number of aromatic nitrogens is 2. The van der Waals surface area contributed by atoms with Gasteiger partial charge in [0.05, 0.1) is 12.1 Å². The minimum atomic E-state index is -0.814. The van der Waals surface area contributed by atoms with Gasteiger partial charge in [0.15, 0.2) is 0 Å². The van der Waals surface area contributed by atoms with Crippen molar-refractivity contribution >= 4 is 5.97 Å². The maximum Gasteiger partial charge on any atom is 0.309 e. The topological polar surface area (TPSA) is 55.1 Å². The summed E-state index contributed by atoms with van der Waals surface area (Å²) in [5.74, 6) is -0.226. The summed E-state index contributed by atoms with van der Waals surface area (Å²) in [6, 6.07) is 1.95. The molecule has 0 spiro atoms. The summed E-state index contributed by atoms with van der Waals surface area (Å²) < 4.78 is 1.84. The molecule has 0 aliphatic heterocycles. The third kappa shape index (κ3) is 2.19. The molecule has 1 aliphatic carbocycles. The highest BCUT2D eigenvalue weighted by Crippen LogP contribution is 2.33. The van der Waals surface area contributed by atoms with Crippen LogP contribution in [0, 0.1) is 0 Å². The third-order valence-corrected chi connectivity index (χ3v) is 3.07. The van der Waals surface area contributed by atoms with Crippen molar-refractivity contribution in [2.45, 2.75) is 38.0 Å². The van der Waals surface area contributed by atoms with Gasteiger partial charge in [-0.1, -0.05) is 12.8 Å². The van der Waals surface area contributed by atoms with Crippen molar-refractivity contribution in [3.8, 4) is 0 Å². The molecule has 4 nitrogen and oxygen atoms in total. The van der Waals surface area contributed by atoms with Crippen LogP contribution >= 0.6 is 0 Å². The first kappa shape index (κ1) is 10.2. The van der Waals surface area contributed by atoms with Gasteiger partial charge >= 0.3 is 5.97 Å². The lowest BCUT2D eigenvalue weighted by molar-refractivity contribution is -0.136. The normalized spacial score (nSPS) is 17.1. The van der Waals surface area contributed by atoms with Crippen molar-refractivity contribution in [3.05, 3.63) is 17.5 Å². The number of rotatable bonds is 3. The lowest BCUT2D eigenvalue weighted by Gasteiger charge is -2.07. The Morgan fingerprint density at radius 3 is 2.87 bits per heavy atom. The molecule has 4 heteroatoms. The predicted molar refractivity (Wildman–Crippen MR) is 55.8 cm³/mol. The third-order valence-electron chi connectivity index (χ3n) is 3.07. The number of hydrogen-bond donors (Lipinski definition) is 1. The Bertz CT molecular complexity index is 365. The fourth-order valence-electron chi connectivity index (χ4n) is 2.39. The molecule has 2 rings (SSSR count). The molecular formula is C11H16N2O2. The van der Waals surface area contributed by atoms with E-state index >= 15 is 0 Å². The smallest absolute Gasteiger partial charge is 0.309 e. The van der Waals surface area contributed by atoms with Gasteiger partial charge in [-0.2, -0.15) is 5.10 Å². The Labute approximate surface area is 88.9 Å². The van der Waals surface area contributed by atoms with E-state index in [4.69, 9.17) is 5.11 Å². The van der Waals surface area contributed by atoms with E-state index in [1.165, 1.54) is 31.4 Å². The molecule has 0 saturated heterocycles. The van der Waals surface area contributed by atoms with Crippen molar-refractivity contribution in [1.29, 1.82) is 0 Å². The zero-order chi connectivity index (χ0) is 10.8. The van der Waals surface area contributed by atoms with Gasteiger partial charge in [-0.3, -0.25) is 9.48 Å². The van der Waals surface area contributed by atoms with Gasteiger partial charge in [0.25, 0.3) is 0 Å².